The summed E-state index contributed by atoms with van der Waals surface area (Å²) in [5, 5.41) is 6.87. The first-order chi connectivity index (χ1) is 13.8. The average molecular weight is 436 g/mol. The monoisotopic (exact) mass is 435 g/mol. The van der Waals surface area contributed by atoms with E-state index in [9.17, 15) is 4.79 Å². The number of nitrogens with zero attached hydrogens (tertiary/aromatic N) is 1. The first-order valence-electron chi connectivity index (χ1n) is 9.97. The quantitative estimate of drug-likeness (QED) is 0.588. The molecule has 2 aromatic rings. The molecule has 1 aromatic heterocycles. The molecule has 3 rings (SSSR count). The van der Waals surface area contributed by atoms with Gasteiger partial charge in [-0.25, -0.2) is 0 Å². The lowest BCUT2D eigenvalue weighted by atomic mass is 9.94. The van der Waals surface area contributed by atoms with Crippen LogP contribution in [0, 0.1) is 12.8 Å². The Hall–Kier alpha value is -1.82. The van der Waals surface area contributed by atoms with E-state index < -0.39 is 0 Å². The van der Waals surface area contributed by atoms with Gasteiger partial charge < -0.3 is 15.4 Å². The SMILES string of the molecule is Cc1ncc(Oc2c(Cl)cc(NC(=O)CC3CCNCC3)cc2Cl)cc1C(C)C. The van der Waals surface area contributed by atoms with Crippen molar-refractivity contribution in [1.29, 1.82) is 0 Å². The van der Waals surface area contributed by atoms with Gasteiger partial charge in [0.15, 0.2) is 5.75 Å². The number of hydrogen-bond donors (Lipinski definition) is 2. The molecule has 0 radical (unpaired) electrons. The number of amides is 1. The molecule has 156 valence electrons. The number of carbonyl (C=O) groups is 1. The zero-order chi connectivity index (χ0) is 21.0. The third-order valence-electron chi connectivity index (χ3n) is 5.16. The van der Waals surface area contributed by atoms with Crippen LogP contribution in [0.15, 0.2) is 24.4 Å². The summed E-state index contributed by atoms with van der Waals surface area (Å²) in [7, 11) is 0. The molecule has 0 spiro atoms. The fourth-order valence-electron chi connectivity index (χ4n) is 3.58. The Morgan fingerprint density at radius 3 is 2.52 bits per heavy atom. The Morgan fingerprint density at radius 2 is 1.90 bits per heavy atom. The van der Waals surface area contributed by atoms with E-state index in [1.165, 1.54) is 0 Å². The second kappa shape index (κ2) is 9.79. The Labute approximate surface area is 182 Å². The minimum atomic E-state index is -0.0259. The predicted octanol–water partition coefficient (Wildman–Crippen LogP) is 5.94. The van der Waals surface area contributed by atoms with Gasteiger partial charge in [0, 0.05) is 17.8 Å². The minimum Gasteiger partial charge on any atom is -0.453 e. The number of nitrogens with one attached hydrogen (secondary N) is 2. The number of carbonyl (C=O) groups excluding carboxylic acids is 1. The molecule has 1 aromatic carbocycles. The number of ether oxygens (including phenoxy) is 1. The first kappa shape index (κ1) is 21.9. The zero-order valence-corrected chi connectivity index (χ0v) is 18.5. The highest BCUT2D eigenvalue weighted by Gasteiger charge is 2.18. The van der Waals surface area contributed by atoms with Crippen LogP contribution in [-0.2, 0) is 4.79 Å². The van der Waals surface area contributed by atoms with Crippen molar-refractivity contribution in [2.75, 3.05) is 18.4 Å². The summed E-state index contributed by atoms with van der Waals surface area (Å²) in [4.78, 5) is 16.8. The van der Waals surface area contributed by atoms with Gasteiger partial charge >= 0.3 is 0 Å². The highest BCUT2D eigenvalue weighted by Crippen LogP contribution is 2.39. The van der Waals surface area contributed by atoms with Gasteiger partial charge in [-0.3, -0.25) is 9.78 Å². The molecule has 1 saturated heterocycles. The maximum absolute atomic E-state index is 12.4. The standard InChI is InChI=1S/C22H27Cl2N3O2/c1-13(2)18-11-17(12-26-14(18)3)29-22-19(23)9-16(10-20(22)24)27-21(28)8-15-4-6-25-7-5-15/h9-13,15,25H,4-8H2,1-3H3,(H,27,28). The van der Waals surface area contributed by atoms with Crippen molar-refractivity contribution in [3.63, 3.8) is 0 Å². The van der Waals surface area contributed by atoms with E-state index >= 15 is 0 Å². The lowest BCUT2D eigenvalue weighted by Crippen LogP contribution is -2.30. The summed E-state index contributed by atoms with van der Waals surface area (Å²) in [5.74, 6) is 1.64. The molecule has 0 bridgehead atoms. The molecule has 0 saturated carbocycles. The Balaban J connectivity index is 1.70. The van der Waals surface area contributed by atoms with Crippen LogP contribution in [0.2, 0.25) is 10.0 Å². The van der Waals surface area contributed by atoms with E-state index in [-0.39, 0.29) is 5.91 Å². The number of piperidine rings is 1. The second-order valence-electron chi connectivity index (χ2n) is 7.82. The van der Waals surface area contributed by atoms with E-state index in [1.54, 1.807) is 18.3 Å². The van der Waals surface area contributed by atoms with Gasteiger partial charge in [-0.2, -0.15) is 0 Å². The molecule has 1 aliphatic rings. The number of anilines is 1. The third kappa shape index (κ3) is 5.84. The molecular formula is C22H27Cl2N3O2. The van der Waals surface area contributed by atoms with Crippen molar-refractivity contribution in [3.8, 4) is 11.5 Å². The minimum absolute atomic E-state index is 0.0259. The molecule has 0 atom stereocenters. The normalized spacial score (nSPS) is 14.8. The Kier molecular flexibility index (Phi) is 7.38. The number of pyridine rings is 1. The summed E-state index contributed by atoms with van der Waals surface area (Å²) in [5.41, 5.74) is 2.64. The summed E-state index contributed by atoms with van der Waals surface area (Å²) in [6.07, 6.45) is 4.19. The van der Waals surface area contributed by atoms with Crippen molar-refractivity contribution in [3.05, 3.63) is 45.7 Å². The summed E-state index contributed by atoms with van der Waals surface area (Å²) >= 11 is 12.8. The van der Waals surface area contributed by atoms with Gasteiger partial charge in [-0.15, -0.1) is 0 Å². The van der Waals surface area contributed by atoms with Crippen LogP contribution in [0.5, 0.6) is 11.5 Å². The van der Waals surface area contributed by atoms with Gasteiger partial charge in [0.25, 0.3) is 0 Å². The van der Waals surface area contributed by atoms with E-state index in [4.69, 9.17) is 27.9 Å². The maximum Gasteiger partial charge on any atom is 0.224 e. The average Bonchev–Trinajstić information content (AvgIpc) is 2.66. The molecule has 1 amide bonds. The number of aromatic nitrogens is 1. The number of aryl methyl sites for hydroxylation is 1. The third-order valence-corrected chi connectivity index (χ3v) is 5.72. The number of hydrogen-bond acceptors (Lipinski definition) is 4. The largest absolute Gasteiger partial charge is 0.453 e. The fraction of sp³-hybridized carbons (Fsp3) is 0.455. The van der Waals surface area contributed by atoms with Gasteiger partial charge in [-0.05, 0) is 68.5 Å². The molecule has 2 N–H and O–H groups in total. The lowest BCUT2D eigenvalue weighted by molar-refractivity contribution is -0.117. The van der Waals surface area contributed by atoms with E-state index in [2.05, 4.69) is 29.5 Å². The summed E-state index contributed by atoms with van der Waals surface area (Å²) in [6.45, 7) is 8.12. The van der Waals surface area contributed by atoms with Crippen molar-refractivity contribution in [1.82, 2.24) is 10.3 Å². The molecule has 0 aliphatic carbocycles. The summed E-state index contributed by atoms with van der Waals surface area (Å²) in [6, 6.07) is 5.27. The smallest absolute Gasteiger partial charge is 0.224 e. The van der Waals surface area contributed by atoms with Crippen LogP contribution in [-0.4, -0.2) is 24.0 Å². The highest BCUT2D eigenvalue weighted by molar-refractivity contribution is 6.37. The Bertz CT molecular complexity index is 857. The maximum atomic E-state index is 12.4. The topological polar surface area (TPSA) is 63.2 Å². The second-order valence-corrected chi connectivity index (χ2v) is 8.63. The van der Waals surface area contributed by atoms with Crippen LogP contribution in [0.25, 0.3) is 0 Å². The molecule has 1 aliphatic heterocycles. The highest BCUT2D eigenvalue weighted by atomic mass is 35.5. The van der Waals surface area contributed by atoms with Crippen molar-refractivity contribution in [2.24, 2.45) is 5.92 Å². The zero-order valence-electron chi connectivity index (χ0n) is 17.0. The van der Waals surface area contributed by atoms with Gasteiger partial charge in [0.2, 0.25) is 5.91 Å². The molecular weight excluding hydrogens is 409 g/mol. The van der Waals surface area contributed by atoms with Crippen molar-refractivity contribution < 1.29 is 9.53 Å². The van der Waals surface area contributed by atoms with Crippen molar-refractivity contribution in [2.45, 2.75) is 46.0 Å². The lowest BCUT2D eigenvalue weighted by Gasteiger charge is -2.22. The van der Waals surface area contributed by atoms with E-state index in [0.717, 1.165) is 37.2 Å². The molecule has 2 heterocycles. The predicted molar refractivity (Wildman–Crippen MR) is 118 cm³/mol. The summed E-state index contributed by atoms with van der Waals surface area (Å²) < 4.78 is 5.92. The van der Waals surface area contributed by atoms with Gasteiger partial charge in [0.1, 0.15) is 5.75 Å². The van der Waals surface area contributed by atoms with E-state index in [1.807, 2.05) is 13.0 Å². The first-order valence-corrected chi connectivity index (χ1v) is 10.7. The van der Waals surface area contributed by atoms with E-state index in [0.29, 0.717) is 45.5 Å². The van der Waals surface area contributed by atoms with Crippen LogP contribution < -0.4 is 15.4 Å². The number of halogens is 2. The number of rotatable bonds is 6. The molecule has 7 heteroatoms. The molecule has 1 fully saturated rings. The van der Waals surface area contributed by atoms with Crippen LogP contribution in [0.3, 0.4) is 0 Å². The van der Waals surface area contributed by atoms with Gasteiger partial charge in [0.05, 0.1) is 16.2 Å². The van der Waals surface area contributed by atoms with Crippen LogP contribution in [0.4, 0.5) is 5.69 Å². The van der Waals surface area contributed by atoms with Crippen molar-refractivity contribution >= 4 is 34.8 Å². The van der Waals surface area contributed by atoms with Gasteiger partial charge in [-0.1, -0.05) is 37.0 Å². The molecule has 29 heavy (non-hydrogen) atoms. The van der Waals surface area contributed by atoms with Crippen LogP contribution in [0.1, 0.15) is 50.3 Å². The molecule has 5 nitrogen and oxygen atoms in total. The fourth-order valence-corrected chi connectivity index (χ4v) is 4.14. The number of benzene rings is 1. The molecule has 0 unspecified atom stereocenters. The van der Waals surface area contributed by atoms with Crippen LogP contribution >= 0.6 is 23.2 Å². The Morgan fingerprint density at radius 1 is 1.24 bits per heavy atom.